The first-order chi connectivity index (χ1) is 6.65. The monoisotopic (exact) mass is 273 g/mol. The van der Waals surface area contributed by atoms with Crippen LogP contribution in [0, 0.1) is 0 Å². The third kappa shape index (κ3) is 2.96. The molecule has 0 fully saturated rings. The molecule has 0 radical (unpaired) electrons. The molecular weight excluding hydrogens is 262 g/mol. The van der Waals surface area contributed by atoms with Gasteiger partial charge in [-0.2, -0.15) is 0 Å². The average molecular weight is 274 g/mol. The van der Waals surface area contributed by atoms with Gasteiger partial charge in [-0.3, -0.25) is 0 Å². The maximum atomic E-state index is 5.64. The molecule has 0 aliphatic carbocycles. The molecule has 0 aliphatic heterocycles. The van der Waals surface area contributed by atoms with Crippen molar-refractivity contribution in [3.63, 3.8) is 0 Å². The van der Waals surface area contributed by atoms with E-state index in [1.165, 1.54) is 0 Å². The third-order valence-corrected chi connectivity index (χ3v) is 2.71. The maximum absolute atomic E-state index is 5.64. The number of hydrogen-bond donors (Lipinski definition) is 1. The first kappa shape index (κ1) is 11.5. The highest BCUT2D eigenvalue weighted by Crippen LogP contribution is 2.25. The molecule has 0 spiro atoms. The molecule has 0 heterocycles. The second-order valence-corrected chi connectivity index (χ2v) is 4.17. The van der Waals surface area contributed by atoms with Crippen LogP contribution in [0.15, 0.2) is 28.7 Å². The van der Waals surface area contributed by atoms with Gasteiger partial charge in [-0.15, -0.1) is 0 Å². The molecule has 1 aromatic rings. The molecule has 0 saturated carbocycles. The zero-order valence-corrected chi connectivity index (χ0v) is 10.3. The predicted molar refractivity (Wildman–Crippen MR) is 65.6 cm³/mol. The number of nitrogens with two attached hydrogens (primary N) is 1. The number of ether oxygens (including phenoxy) is 1. The summed E-state index contributed by atoms with van der Waals surface area (Å²) in [7, 11) is 0. The minimum atomic E-state index is -0.191. The summed E-state index contributed by atoms with van der Waals surface area (Å²) in [4.78, 5) is 0.392. The van der Waals surface area contributed by atoms with Crippen LogP contribution < -0.4 is 10.5 Å². The Balaban J connectivity index is 2.77. The summed E-state index contributed by atoms with van der Waals surface area (Å²) >= 11 is 8.29. The van der Waals surface area contributed by atoms with Crippen molar-refractivity contribution in [3.8, 4) is 5.75 Å². The van der Waals surface area contributed by atoms with Gasteiger partial charge in [-0.25, -0.2) is 0 Å². The maximum Gasteiger partial charge on any atom is 0.148 e. The van der Waals surface area contributed by atoms with Gasteiger partial charge in [0.25, 0.3) is 0 Å². The van der Waals surface area contributed by atoms with Crippen LogP contribution in [0.3, 0.4) is 0 Å². The average Bonchev–Trinajstić information content (AvgIpc) is 2.16. The lowest BCUT2D eigenvalue weighted by Gasteiger charge is -2.16. The Kier molecular flexibility index (Phi) is 4.35. The molecule has 14 heavy (non-hydrogen) atoms. The van der Waals surface area contributed by atoms with E-state index in [9.17, 15) is 0 Å². The van der Waals surface area contributed by atoms with E-state index in [1.54, 1.807) is 0 Å². The van der Waals surface area contributed by atoms with Crippen molar-refractivity contribution in [2.24, 2.45) is 5.73 Å². The molecule has 1 atom stereocenters. The minimum Gasteiger partial charge on any atom is -0.482 e. The fourth-order valence-corrected chi connectivity index (χ4v) is 1.63. The van der Waals surface area contributed by atoms with Crippen molar-refractivity contribution < 1.29 is 4.74 Å². The summed E-state index contributed by atoms with van der Waals surface area (Å²) in [6.07, 6.45) is 0.583. The molecule has 76 valence electrons. The van der Waals surface area contributed by atoms with Gasteiger partial charge in [-0.05, 0) is 34.5 Å². The van der Waals surface area contributed by atoms with Gasteiger partial charge in [-0.1, -0.05) is 31.3 Å². The zero-order valence-electron chi connectivity index (χ0n) is 7.87. The molecule has 0 aliphatic rings. The third-order valence-electron chi connectivity index (χ3n) is 1.79. The van der Waals surface area contributed by atoms with Crippen LogP contribution in [-0.2, 0) is 0 Å². The van der Waals surface area contributed by atoms with Gasteiger partial charge in [0, 0.05) is 0 Å². The van der Waals surface area contributed by atoms with Crippen molar-refractivity contribution in [2.75, 3.05) is 0 Å². The molecule has 0 bridgehead atoms. The normalized spacial score (nSPS) is 12.1. The first-order valence-corrected chi connectivity index (χ1v) is 5.55. The molecule has 1 unspecified atom stereocenters. The second-order valence-electron chi connectivity index (χ2n) is 2.85. The molecule has 1 rings (SSSR count). The number of thiocarbonyl (C=S) groups is 1. The van der Waals surface area contributed by atoms with Crippen LogP contribution in [0.2, 0.25) is 0 Å². The molecule has 0 saturated heterocycles. The van der Waals surface area contributed by atoms with E-state index in [4.69, 9.17) is 22.7 Å². The molecule has 4 heteroatoms. The Hall–Kier alpha value is -0.610. The van der Waals surface area contributed by atoms with Crippen LogP contribution in [0.5, 0.6) is 5.75 Å². The molecule has 2 N–H and O–H groups in total. The Morgan fingerprint density at radius 2 is 2.21 bits per heavy atom. The highest BCUT2D eigenvalue weighted by atomic mass is 79.9. The molecule has 0 amide bonds. The van der Waals surface area contributed by atoms with Gasteiger partial charge in [0.1, 0.15) is 16.8 Å². The van der Waals surface area contributed by atoms with E-state index in [1.807, 2.05) is 31.2 Å². The van der Waals surface area contributed by atoms with Crippen LogP contribution in [0.4, 0.5) is 0 Å². The number of benzene rings is 1. The Bertz CT molecular complexity index is 330. The highest BCUT2D eigenvalue weighted by Gasteiger charge is 2.12. The van der Waals surface area contributed by atoms with Crippen molar-refractivity contribution in [1.29, 1.82) is 0 Å². The van der Waals surface area contributed by atoms with E-state index in [2.05, 4.69) is 15.9 Å². The van der Waals surface area contributed by atoms with Crippen molar-refractivity contribution >= 4 is 33.1 Å². The fourth-order valence-electron chi connectivity index (χ4n) is 1.04. The van der Waals surface area contributed by atoms with Crippen LogP contribution in [-0.4, -0.2) is 11.1 Å². The summed E-state index contributed by atoms with van der Waals surface area (Å²) in [5.74, 6) is 0.771. The SMILES string of the molecule is CCC(Oc1ccccc1Br)C(N)=S. The number of para-hydroxylation sites is 1. The second kappa shape index (κ2) is 5.32. The quantitative estimate of drug-likeness (QED) is 0.857. The van der Waals surface area contributed by atoms with Crippen molar-refractivity contribution in [2.45, 2.75) is 19.4 Å². The number of rotatable bonds is 4. The van der Waals surface area contributed by atoms with Gasteiger partial charge in [0.2, 0.25) is 0 Å². The topological polar surface area (TPSA) is 35.2 Å². The van der Waals surface area contributed by atoms with Crippen LogP contribution in [0.25, 0.3) is 0 Å². The van der Waals surface area contributed by atoms with Crippen molar-refractivity contribution in [1.82, 2.24) is 0 Å². The Morgan fingerprint density at radius 3 is 2.71 bits per heavy atom. The summed E-state index contributed by atoms with van der Waals surface area (Å²) < 4.78 is 6.55. The van der Waals surface area contributed by atoms with E-state index in [0.717, 1.165) is 16.6 Å². The van der Waals surface area contributed by atoms with E-state index < -0.39 is 0 Å². The van der Waals surface area contributed by atoms with Crippen LogP contribution in [0.1, 0.15) is 13.3 Å². The highest BCUT2D eigenvalue weighted by molar-refractivity contribution is 9.10. The zero-order chi connectivity index (χ0) is 10.6. The summed E-state index contributed by atoms with van der Waals surface area (Å²) in [6.45, 7) is 1.99. The number of hydrogen-bond acceptors (Lipinski definition) is 2. The standard InChI is InChI=1S/C10H12BrNOS/c1-2-8(10(12)14)13-9-6-4-3-5-7(9)11/h3-6,8H,2H2,1H3,(H2,12,14). The molecule has 0 aromatic heterocycles. The lowest BCUT2D eigenvalue weighted by atomic mass is 10.2. The fraction of sp³-hybridized carbons (Fsp3) is 0.300. The van der Waals surface area contributed by atoms with Gasteiger partial charge in [0.15, 0.2) is 0 Å². The van der Waals surface area contributed by atoms with E-state index in [-0.39, 0.29) is 6.10 Å². The molecule has 2 nitrogen and oxygen atoms in total. The van der Waals surface area contributed by atoms with E-state index >= 15 is 0 Å². The smallest absolute Gasteiger partial charge is 0.148 e. The van der Waals surface area contributed by atoms with E-state index in [0.29, 0.717) is 4.99 Å². The Labute approximate surface area is 97.6 Å². The lowest BCUT2D eigenvalue weighted by molar-refractivity contribution is 0.262. The number of halogens is 1. The Morgan fingerprint density at radius 1 is 1.57 bits per heavy atom. The predicted octanol–water partition coefficient (Wildman–Crippen LogP) is 2.89. The minimum absolute atomic E-state index is 0.191. The largest absolute Gasteiger partial charge is 0.482 e. The van der Waals surface area contributed by atoms with Gasteiger partial charge in [0.05, 0.1) is 4.47 Å². The van der Waals surface area contributed by atoms with Crippen LogP contribution >= 0.6 is 28.1 Å². The van der Waals surface area contributed by atoms with Gasteiger partial charge >= 0.3 is 0 Å². The van der Waals surface area contributed by atoms with Crippen molar-refractivity contribution in [3.05, 3.63) is 28.7 Å². The molecule has 1 aromatic carbocycles. The summed E-state index contributed by atoms with van der Waals surface area (Å²) in [5.41, 5.74) is 5.54. The summed E-state index contributed by atoms with van der Waals surface area (Å²) in [5, 5.41) is 0. The molecular formula is C10H12BrNOS. The summed E-state index contributed by atoms with van der Waals surface area (Å²) in [6, 6.07) is 7.64. The first-order valence-electron chi connectivity index (χ1n) is 4.35. The van der Waals surface area contributed by atoms with Gasteiger partial charge < -0.3 is 10.5 Å². The lowest BCUT2D eigenvalue weighted by Crippen LogP contribution is -2.31.